The molecule has 0 spiro atoms. The van der Waals surface area contributed by atoms with Gasteiger partial charge in [0.05, 0.1) is 13.0 Å². The Hall–Kier alpha value is -2.53. The normalized spacial score (nSPS) is 21.1. The van der Waals surface area contributed by atoms with Gasteiger partial charge < -0.3 is 15.0 Å². The van der Waals surface area contributed by atoms with E-state index in [0.29, 0.717) is 29.6 Å². The molecule has 6 heteroatoms. The highest BCUT2D eigenvalue weighted by molar-refractivity contribution is 6.30. The van der Waals surface area contributed by atoms with Crippen molar-refractivity contribution in [1.29, 1.82) is 0 Å². The first kappa shape index (κ1) is 19.8. The molecule has 2 aliphatic rings. The molecule has 2 amide bonds. The van der Waals surface area contributed by atoms with Crippen LogP contribution in [0.2, 0.25) is 5.02 Å². The Balaban J connectivity index is 1.57. The summed E-state index contributed by atoms with van der Waals surface area (Å²) < 4.78 is 5.36. The third-order valence-electron chi connectivity index (χ3n) is 5.80. The van der Waals surface area contributed by atoms with Gasteiger partial charge in [-0.3, -0.25) is 9.59 Å². The smallest absolute Gasteiger partial charge is 0.253 e. The van der Waals surface area contributed by atoms with E-state index in [2.05, 4.69) is 5.32 Å². The Kier molecular flexibility index (Phi) is 5.76. The van der Waals surface area contributed by atoms with Crippen molar-refractivity contribution in [2.75, 3.05) is 26.7 Å². The topological polar surface area (TPSA) is 58.6 Å². The first-order valence-electron chi connectivity index (χ1n) is 10.0. The summed E-state index contributed by atoms with van der Waals surface area (Å²) in [7, 11) is 1.63. The number of hydrogen-bond donors (Lipinski definition) is 1. The minimum atomic E-state index is -0.288. The number of carbonyl (C=O) groups is 2. The highest BCUT2D eigenvalue weighted by Gasteiger charge is 2.41. The van der Waals surface area contributed by atoms with Gasteiger partial charge in [-0.15, -0.1) is 0 Å². The second kappa shape index (κ2) is 8.46. The summed E-state index contributed by atoms with van der Waals surface area (Å²) in [5, 5.41) is 3.62. The fourth-order valence-corrected chi connectivity index (χ4v) is 4.14. The lowest BCUT2D eigenvalue weighted by Crippen LogP contribution is -2.36. The molecule has 29 heavy (non-hydrogen) atoms. The third kappa shape index (κ3) is 4.56. The molecule has 2 fully saturated rings. The van der Waals surface area contributed by atoms with Crippen molar-refractivity contribution >= 4 is 23.4 Å². The number of rotatable bonds is 6. The molecule has 0 aromatic heterocycles. The minimum Gasteiger partial charge on any atom is -0.497 e. The molecule has 152 valence electrons. The molecule has 1 aliphatic carbocycles. The van der Waals surface area contributed by atoms with E-state index in [4.69, 9.17) is 16.3 Å². The van der Waals surface area contributed by atoms with Gasteiger partial charge in [0.15, 0.2) is 0 Å². The van der Waals surface area contributed by atoms with Crippen molar-refractivity contribution in [3.05, 3.63) is 64.7 Å². The van der Waals surface area contributed by atoms with Crippen LogP contribution in [0.15, 0.2) is 48.5 Å². The van der Waals surface area contributed by atoms with E-state index < -0.39 is 0 Å². The number of benzene rings is 2. The molecule has 0 radical (unpaired) electrons. The van der Waals surface area contributed by atoms with Crippen LogP contribution in [-0.2, 0) is 4.79 Å². The van der Waals surface area contributed by atoms with E-state index in [1.54, 1.807) is 36.3 Å². The standard InChI is InChI=1S/C23H25ClN2O3/c1-29-19-7-3-4-16(11-19)20-13-26(23(28)17-5-2-6-18(24)10-17)14-21(20)22(27)25-12-15-8-9-15/h2-7,10-11,15,20-21H,8-9,12-14H2,1H3,(H,25,27). The number of likely N-dealkylation sites (tertiary alicyclic amines) is 1. The quantitative estimate of drug-likeness (QED) is 0.786. The van der Waals surface area contributed by atoms with E-state index >= 15 is 0 Å². The lowest BCUT2D eigenvalue weighted by molar-refractivity contribution is -0.125. The zero-order chi connectivity index (χ0) is 20.4. The lowest BCUT2D eigenvalue weighted by Gasteiger charge is -2.18. The lowest BCUT2D eigenvalue weighted by atomic mass is 9.88. The van der Waals surface area contributed by atoms with Gasteiger partial charge in [-0.25, -0.2) is 0 Å². The third-order valence-corrected chi connectivity index (χ3v) is 6.03. The van der Waals surface area contributed by atoms with Crippen LogP contribution in [0.5, 0.6) is 5.75 Å². The van der Waals surface area contributed by atoms with Gasteiger partial charge in [0, 0.05) is 36.1 Å². The van der Waals surface area contributed by atoms with Crippen molar-refractivity contribution in [3.63, 3.8) is 0 Å². The molecule has 1 saturated heterocycles. The molecule has 4 rings (SSSR count). The van der Waals surface area contributed by atoms with Gasteiger partial charge >= 0.3 is 0 Å². The summed E-state index contributed by atoms with van der Waals surface area (Å²) in [4.78, 5) is 27.8. The molecule has 1 N–H and O–H groups in total. The summed E-state index contributed by atoms with van der Waals surface area (Å²) in [6, 6.07) is 14.7. The van der Waals surface area contributed by atoms with Crippen LogP contribution in [0.1, 0.15) is 34.7 Å². The molecular weight excluding hydrogens is 388 g/mol. The number of ether oxygens (including phenoxy) is 1. The zero-order valence-corrected chi connectivity index (χ0v) is 17.2. The molecule has 2 aromatic rings. The Morgan fingerprint density at radius 1 is 1.14 bits per heavy atom. The monoisotopic (exact) mass is 412 g/mol. The maximum Gasteiger partial charge on any atom is 0.253 e. The van der Waals surface area contributed by atoms with Crippen LogP contribution in [0.4, 0.5) is 0 Å². The molecule has 1 heterocycles. The average Bonchev–Trinajstić information content (AvgIpc) is 3.47. The van der Waals surface area contributed by atoms with Crippen LogP contribution < -0.4 is 10.1 Å². The maximum atomic E-state index is 13.1. The van der Waals surface area contributed by atoms with Crippen molar-refractivity contribution in [1.82, 2.24) is 10.2 Å². The minimum absolute atomic E-state index is 0.0195. The summed E-state index contributed by atoms with van der Waals surface area (Å²) in [6.07, 6.45) is 2.37. The Morgan fingerprint density at radius 3 is 2.66 bits per heavy atom. The van der Waals surface area contributed by atoms with Crippen LogP contribution in [-0.4, -0.2) is 43.5 Å². The Labute approximate surface area is 176 Å². The zero-order valence-electron chi connectivity index (χ0n) is 16.4. The van der Waals surface area contributed by atoms with Crippen molar-refractivity contribution in [2.45, 2.75) is 18.8 Å². The summed E-state index contributed by atoms with van der Waals surface area (Å²) in [5.74, 6) is 0.916. The number of halogens is 1. The molecule has 5 nitrogen and oxygen atoms in total. The summed E-state index contributed by atoms with van der Waals surface area (Å²) in [5.41, 5.74) is 1.55. The van der Waals surface area contributed by atoms with Crippen molar-refractivity contribution in [2.24, 2.45) is 11.8 Å². The van der Waals surface area contributed by atoms with Crippen molar-refractivity contribution < 1.29 is 14.3 Å². The van der Waals surface area contributed by atoms with E-state index in [1.165, 1.54) is 12.8 Å². The molecular formula is C23H25ClN2O3. The fourth-order valence-electron chi connectivity index (χ4n) is 3.95. The predicted octanol–water partition coefficient (Wildman–Crippen LogP) is 3.73. The average molecular weight is 413 g/mol. The molecule has 0 bridgehead atoms. The predicted molar refractivity (Wildman–Crippen MR) is 112 cm³/mol. The van der Waals surface area contributed by atoms with Gasteiger partial charge in [0.2, 0.25) is 5.91 Å². The molecule has 2 unspecified atom stereocenters. The molecule has 2 atom stereocenters. The van der Waals surface area contributed by atoms with Gasteiger partial charge in [-0.2, -0.15) is 0 Å². The number of carbonyl (C=O) groups excluding carboxylic acids is 2. The van der Waals surface area contributed by atoms with Gasteiger partial charge in [-0.05, 0) is 54.7 Å². The second-order valence-electron chi connectivity index (χ2n) is 7.90. The van der Waals surface area contributed by atoms with Gasteiger partial charge in [0.25, 0.3) is 5.91 Å². The van der Waals surface area contributed by atoms with Crippen LogP contribution in [0, 0.1) is 11.8 Å². The largest absolute Gasteiger partial charge is 0.497 e. The maximum absolute atomic E-state index is 13.1. The number of nitrogens with one attached hydrogen (secondary N) is 1. The first-order chi connectivity index (χ1) is 14.0. The SMILES string of the molecule is COc1cccc(C2CN(C(=O)c3cccc(Cl)c3)CC2C(=O)NCC2CC2)c1. The van der Waals surface area contributed by atoms with Crippen LogP contribution >= 0.6 is 11.6 Å². The van der Waals surface area contributed by atoms with Crippen molar-refractivity contribution in [3.8, 4) is 5.75 Å². The molecule has 2 aromatic carbocycles. The number of amides is 2. The van der Waals surface area contributed by atoms with Gasteiger partial charge in [0.1, 0.15) is 5.75 Å². The number of methoxy groups -OCH3 is 1. The Morgan fingerprint density at radius 2 is 1.93 bits per heavy atom. The van der Waals surface area contributed by atoms with Crippen LogP contribution in [0.3, 0.4) is 0 Å². The number of nitrogens with zero attached hydrogens (tertiary/aromatic N) is 1. The van der Waals surface area contributed by atoms with E-state index in [0.717, 1.165) is 17.9 Å². The highest BCUT2D eigenvalue weighted by Crippen LogP contribution is 2.36. The summed E-state index contributed by atoms with van der Waals surface area (Å²) in [6.45, 7) is 1.60. The first-order valence-corrected chi connectivity index (χ1v) is 10.4. The van der Waals surface area contributed by atoms with E-state index in [1.807, 2.05) is 24.3 Å². The van der Waals surface area contributed by atoms with E-state index in [-0.39, 0.29) is 23.7 Å². The number of hydrogen-bond acceptors (Lipinski definition) is 3. The van der Waals surface area contributed by atoms with Gasteiger partial charge in [-0.1, -0.05) is 29.8 Å². The van der Waals surface area contributed by atoms with Crippen LogP contribution in [0.25, 0.3) is 0 Å². The second-order valence-corrected chi connectivity index (χ2v) is 8.34. The summed E-state index contributed by atoms with van der Waals surface area (Å²) >= 11 is 6.06. The fraction of sp³-hybridized carbons (Fsp3) is 0.391. The Bertz CT molecular complexity index is 913. The highest BCUT2D eigenvalue weighted by atomic mass is 35.5. The molecule has 1 saturated carbocycles. The molecule has 1 aliphatic heterocycles. The van der Waals surface area contributed by atoms with E-state index in [9.17, 15) is 9.59 Å².